The van der Waals surface area contributed by atoms with Crippen molar-refractivity contribution in [1.82, 2.24) is 5.32 Å². The Morgan fingerprint density at radius 2 is 2.40 bits per heavy atom. The number of hydrogen-bond donors (Lipinski definition) is 1. The summed E-state index contributed by atoms with van der Waals surface area (Å²) in [6.07, 6.45) is 2.78. The minimum absolute atomic E-state index is 0.477. The highest BCUT2D eigenvalue weighted by molar-refractivity contribution is 7.07. The Balaban J connectivity index is 1.76. The Labute approximate surface area is 93.9 Å². The zero-order chi connectivity index (χ0) is 10.5. The molecular weight excluding hydrogens is 206 g/mol. The van der Waals surface area contributed by atoms with E-state index in [2.05, 4.69) is 29.1 Å². The minimum atomic E-state index is 0.477. The summed E-state index contributed by atoms with van der Waals surface area (Å²) in [5, 5.41) is 7.75. The maximum atomic E-state index is 5.26. The molecule has 0 amide bonds. The fourth-order valence-corrected chi connectivity index (χ4v) is 2.20. The van der Waals surface area contributed by atoms with Gasteiger partial charge in [0, 0.05) is 6.04 Å². The molecule has 2 heterocycles. The maximum absolute atomic E-state index is 5.26. The lowest BCUT2D eigenvalue weighted by atomic mass is 10.1. The van der Waals surface area contributed by atoms with E-state index in [9.17, 15) is 0 Å². The van der Waals surface area contributed by atoms with E-state index in [-0.39, 0.29) is 0 Å². The van der Waals surface area contributed by atoms with Crippen LogP contribution in [-0.2, 0) is 13.0 Å². The first kappa shape index (κ1) is 10.5. The largest absolute Gasteiger partial charge is 0.468 e. The van der Waals surface area contributed by atoms with Gasteiger partial charge < -0.3 is 9.73 Å². The van der Waals surface area contributed by atoms with E-state index in [0.29, 0.717) is 6.04 Å². The van der Waals surface area contributed by atoms with E-state index in [1.54, 1.807) is 17.6 Å². The standard InChI is InChI=1S/C12H15NOS/c1-10(7-11-4-6-15-9-11)13-8-12-3-2-5-14-12/h2-6,9-10,13H,7-8H2,1H3. The zero-order valence-corrected chi connectivity index (χ0v) is 9.59. The third-order valence-electron chi connectivity index (χ3n) is 2.33. The number of rotatable bonds is 5. The number of furan rings is 1. The van der Waals surface area contributed by atoms with Gasteiger partial charge in [0.2, 0.25) is 0 Å². The zero-order valence-electron chi connectivity index (χ0n) is 8.77. The fraction of sp³-hybridized carbons (Fsp3) is 0.333. The van der Waals surface area contributed by atoms with Crippen molar-refractivity contribution in [1.29, 1.82) is 0 Å². The molecule has 0 radical (unpaired) electrons. The molecule has 0 bridgehead atoms. The molecule has 0 aliphatic heterocycles. The number of hydrogen-bond acceptors (Lipinski definition) is 3. The molecule has 2 nitrogen and oxygen atoms in total. The number of nitrogens with one attached hydrogen (secondary N) is 1. The van der Waals surface area contributed by atoms with Crippen LogP contribution in [0.1, 0.15) is 18.2 Å². The predicted molar refractivity (Wildman–Crippen MR) is 63.0 cm³/mol. The van der Waals surface area contributed by atoms with Crippen molar-refractivity contribution < 1.29 is 4.42 Å². The van der Waals surface area contributed by atoms with Gasteiger partial charge in [0.1, 0.15) is 5.76 Å². The Morgan fingerprint density at radius 1 is 1.47 bits per heavy atom. The van der Waals surface area contributed by atoms with Gasteiger partial charge in [0.15, 0.2) is 0 Å². The van der Waals surface area contributed by atoms with Crippen LogP contribution in [0, 0.1) is 0 Å². The van der Waals surface area contributed by atoms with Gasteiger partial charge in [-0.3, -0.25) is 0 Å². The quantitative estimate of drug-likeness (QED) is 0.839. The van der Waals surface area contributed by atoms with Crippen molar-refractivity contribution >= 4 is 11.3 Å². The summed E-state index contributed by atoms with van der Waals surface area (Å²) in [6.45, 7) is 3.00. The molecule has 0 aromatic carbocycles. The first-order valence-electron chi connectivity index (χ1n) is 5.11. The molecule has 1 N–H and O–H groups in total. The Bertz CT molecular complexity index is 366. The Kier molecular flexibility index (Phi) is 3.59. The van der Waals surface area contributed by atoms with Gasteiger partial charge in [-0.1, -0.05) is 0 Å². The summed E-state index contributed by atoms with van der Waals surface area (Å²) in [5.41, 5.74) is 1.40. The van der Waals surface area contributed by atoms with Crippen LogP contribution in [0.25, 0.3) is 0 Å². The fourth-order valence-electron chi connectivity index (χ4n) is 1.52. The van der Waals surface area contributed by atoms with Crippen molar-refractivity contribution in [3.63, 3.8) is 0 Å². The van der Waals surface area contributed by atoms with Gasteiger partial charge in [0.05, 0.1) is 12.8 Å². The average molecular weight is 221 g/mol. The highest BCUT2D eigenvalue weighted by Crippen LogP contribution is 2.09. The first-order chi connectivity index (χ1) is 7.34. The monoisotopic (exact) mass is 221 g/mol. The molecule has 2 aromatic rings. The molecule has 0 saturated carbocycles. The second-order valence-corrected chi connectivity index (χ2v) is 4.48. The highest BCUT2D eigenvalue weighted by atomic mass is 32.1. The van der Waals surface area contributed by atoms with Gasteiger partial charge in [0.25, 0.3) is 0 Å². The van der Waals surface area contributed by atoms with Crippen molar-refractivity contribution in [2.75, 3.05) is 0 Å². The topological polar surface area (TPSA) is 25.2 Å². The van der Waals surface area contributed by atoms with Crippen LogP contribution in [0.5, 0.6) is 0 Å². The molecule has 0 saturated heterocycles. The second kappa shape index (κ2) is 5.14. The van der Waals surface area contributed by atoms with Crippen molar-refractivity contribution in [3.8, 4) is 0 Å². The van der Waals surface area contributed by atoms with Gasteiger partial charge in [-0.25, -0.2) is 0 Å². The summed E-state index contributed by atoms with van der Waals surface area (Å²) >= 11 is 1.75. The molecule has 1 unspecified atom stereocenters. The molecule has 80 valence electrons. The lowest BCUT2D eigenvalue weighted by molar-refractivity contribution is 0.454. The third-order valence-corrected chi connectivity index (χ3v) is 3.06. The highest BCUT2D eigenvalue weighted by Gasteiger charge is 2.04. The minimum Gasteiger partial charge on any atom is -0.468 e. The summed E-state index contributed by atoms with van der Waals surface area (Å²) in [5.74, 6) is 0.993. The molecule has 0 spiro atoms. The van der Waals surface area contributed by atoms with E-state index in [4.69, 9.17) is 4.42 Å². The third kappa shape index (κ3) is 3.22. The summed E-state index contributed by atoms with van der Waals surface area (Å²) in [6, 6.07) is 6.56. The Hall–Kier alpha value is -1.06. The van der Waals surface area contributed by atoms with Crippen LogP contribution in [0.15, 0.2) is 39.6 Å². The average Bonchev–Trinajstić information content (AvgIpc) is 2.86. The normalized spacial score (nSPS) is 12.9. The molecule has 3 heteroatoms. The number of thiophene rings is 1. The maximum Gasteiger partial charge on any atom is 0.117 e. The Morgan fingerprint density at radius 3 is 3.07 bits per heavy atom. The van der Waals surface area contributed by atoms with Crippen LogP contribution in [0.2, 0.25) is 0 Å². The molecule has 0 fully saturated rings. The SMILES string of the molecule is CC(Cc1ccsc1)NCc1ccco1. The van der Waals surface area contributed by atoms with Crippen LogP contribution >= 0.6 is 11.3 Å². The van der Waals surface area contributed by atoms with E-state index in [1.165, 1.54) is 5.56 Å². The van der Waals surface area contributed by atoms with Crippen LogP contribution < -0.4 is 5.32 Å². The van der Waals surface area contributed by atoms with Crippen LogP contribution in [0.3, 0.4) is 0 Å². The second-order valence-electron chi connectivity index (χ2n) is 3.70. The van der Waals surface area contributed by atoms with Crippen LogP contribution in [-0.4, -0.2) is 6.04 Å². The summed E-state index contributed by atoms with van der Waals surface area (Å²) < 4.78 is 5.26. The molecule has 2 rings (SSSR count). The summed E-state index contributed by atoms with van der Waals surface area (Å²) in [4.78, 5) is 0. The molecule has 1 atom stereocenters. The van der Waals surface area contributed by atoms with E-state index in [0.717, 1.165) is 18.7 Å². The van der Waals surface area contributed by atoms with Gasteiger partial charge in [-0.2, -0.15) is 11.3 Å². The van der Waals surface area contributed by atoms with Crippen molar-refractivity contribution in [2.24, 2.45) is 0 Å². The lowest BCUT2D eigenvalue weighted by Gasteiger charge is -2.11. The van der Waals surface area contributed by atoms with Crippen molar-refractivity contribution in [2.45, 2.75) is 25.9 Å². The smallest absolute Gasteiger partial charge is 0.117 e. The molecule has 0 aliphatic rings. The van der Waals surface area contributed by atoms with E-state index >= 15 is 0 Å². The predicted octanol–water partition coefficient (Wildman–Crippen LogP) is 3.06. The van der Waals surface area contributed by atoms with Gasteiger partial charge in [-0.15, -0.1) is 0 Å². The van der Waals surface area contributed by atoms with Gasteiger partial charge in [-0.05, 0) is 47.9 Å². The molecule has 2 aromatic heterocycles. The molecule has 15 heavy (non-hydrogen) atoms. The molecular formula is C12H15NOS. The van der Waals surface area contributed by atoms with Crippen molar-refractivity contribution in [3.05, 3.63) is 46.5 Å². The van der Waals surface area contributed by atoms with Crippen LogP contribution in [0.4, 0.5) is 0 Å². The molecule has 0 aliphatic carbocycles. The lowest BCUT2D eigenvalue weighted by Crippen LogP contribution is -2.27. The van der Waals surface area contributed by atoms with E-state index in [1.807, 2.05) is 12.1 Å². The first-order valence-corrected chi connectivity index (χ1v) is 6.05. The van der Waals surface area contributed by atoms with Gasteiger partial charge >= 0.3 is 0 Å². The summed E-state index contributed by atoms with van der Waals surface area (Å²) in [7, 11) is 0. The van der Waals surface area contributed by atoms with E-state index < -0.39 is 0 Å².